The van der Waals surface area contributed by atoms with Gasteiger partial charge in [-0.05, 0) is 17.7 Å². The van der Waals surface area contributed by atoms with Crippen LogP contribution in [-0.2, 0) is 23.2 Å². The summed E-state index contributed by atoms with van der Waals surface area (Å²) in [5.74, 6) is -1.47. The van der Waals surface area contributed by atoms with Gasteiger partial charge in [0, 0.05) is 27.6 Å². The van der Waals surface area contributed by atoms with Gasteiger partial charge in [-0.15, -0.1) is 0 Å². The molecule has 6 heteroatoms. The molecule has 1 aromatic heterocycles. The van der Waals surface area contributed by atoms with Crippen molar-refractivity contribution in [2.45, 2.75) is 13.5 Å². The minimum atomic E-state index is -0.541. The maximum atomic E-state index is 11.5. The second kappa shape index (κ2) is 4.72. The number of nitrogens with zero attached hydrogens (tertiary/aromatic N) is 2. The first-order valence-corrected chi connectivity index (χ1v) is 5.74. The Kier molecular flexibility index (Phi) is 3.25. The zero-order valence-corrected chi connectivity index (χ0v) is 11.0. The van der Waals surface area contributed by atoms with Crippen molar-refractivity contribution in [2.75, 3.05) is 7.05 Å². The van der Waals surface area contributed by atoms with Crippen LogP contribution in [0.2, 0.25) is 0 Å². The lowest BCUT2D eigenvalue weighted by Gasteiger charge is -2.15. The number of carbonyl (C=O) groups excluding carboxylic acids is 2. The zero-order chi connectivity index (χ0) is 14.2. The zero-order valence-electron chi connectivity index (χ0n) is 11.0. The quantitative estimate of drug-likeness (QED) is 0.762. The van der Waals surface area contributed by atoms with Gasteiger partial charge in [0.05, 0.1) is 5.52 Å². The number of amides is 1. The number of ketones is 1. The van der Waals surface area contributed by atoms with Crippen LogP contribution in [0.3, 0.4) is 0 Å². The number of likely N-dealkylation sites (N-methyl/N-ethyl adjacent to an activating group) is 1. The van der Waals surface area contributed by atoms with Gasteiger partial charge in [0.15, 0.2) is 5.58 Å². The van der Waals surface area contributed by atoms with Gasteiger partial charge < -0.3 is 9.32 Å². The molecule has 1 heterocycles. The van der Waals surface area contributed by atoms with Gasteiger partial charge in [-0.2, -0.15) is 0 Å². The Labute approximate surface area is 109 Å². The molecular weight excluding hydrogens is 248 g/mol. The number of hydrogen-bond acceptors (Lipinski definition) is 4. The van der Waals surface area contributed by atoms with E-state index >= 15 is 0 Å². The smallest absolute Gasteiger partial charge is 0.408 e. The second-order valence-electron chi connectivity index (χ2n) is 4.45. The van der Waals surface area contributed by atoms with Crippen molar-refractivity contribution in [3.63, 3.8) is 0 Å². The van der Waals surface area contributed by atoms with E-state index in [0.717, 1.165) is 5.56 Å². The SMILES string of the molecule is CC(=O)C(=O)N(C)Cc1ccc2oc(=O)n(C)c2c1. The molecule has 19 heavy (non-hydrogen) atoms. The van der Waals surface area contributed by atoms with Gasteiger partial charge in [-0.3, -0.25) is 14.2 Å². The Balaban J connectivity index is 2.31. The van der Waals surface area contributed by atoms with E-state index in [4.69, 9.17) is 4.42 Å². The molecule has 1 amide bonds. The van der Waals surface area contributed by atoms with Gasteiger partial charge in [0.2, 0.25) is 5.78 Å². The van der Waals surface area contributed by atoms with Gasteiger partial charge in [0.1, 0.15) is 0 Å². The average molecular weight is 262 g/mol. The van der Waals surface area contributed by atoms with Crippen LogP contribution in [0.1, 0.15) is 12.5 Å². The van der Waals surface area contributed by atoms with Crippen LogP contribution in [0.15, 0.2) is 27.4 Å². The standard InChI is InChI=1S/C13H14N2O4/c1-8(16)12(17)14(2)7-9-4-5-11-10(6-9)15(3)13(18)19-11/h4-6H,7H2,1-3H3. The highest BCUT2D eigenvalue weighted by Crippen LogP contribution is 2.15. The monoisotopic (exact) mass is 262 g/mol. The van der Waals surface area contributed by atoms with Crippen LogP contribution in [0.4, 0.5) is 0 Å². The molecular formula is C13H14N2O4. The Morgan fingerprint density at radius 1 is 1.37 bits per heavy atom. The number of rotatable bonds is 3. The highest BCUT2D eigenvalue weighted by Gasteiger charge is 2.14. The van der Waals surface area contributed by atoms with E-state index < -0.39 is 17.4 Å². The number of Topliss-reactive ketones (excluding diaryl/α,β-unsaturated/α-hetero) is 1. The molecule has 2 rings (SSSR count). The molecule has 0 radical (unpaired) electrons. The summed E-state index contributed by atoms with van der Waals surface area (Å²) in [6, 6.07) is 5.21. The van der Waals surface area contributed by atoms with Crippen LogP contribution in [0, 0.1) is 0 Å². The molecule has 0 aliphatic rings. The molecule has 6 nitrogen and oxygen atoms in total. The summed E-state index contributed by atoms with van der Waals surface area (Å²) in [5.41, 5.74) is 1.98. The number of hydrogen-bond donors (Lipinski definition) is 0. The van der Waals surface area contributed by atoms with Crippen molar-refractivity contribution < 1.29 is 14.0 Å². The summed E-state index contributed by atoms with van der Waals surface area (Å²) in [6.07, 6.45) is 0. The second-order valence-corrected chi connectivity index (χ2v) is 4.45. The first-order chi connectivity index (χ1) is 8.90. The Morgan fingerprint density at radius 3 is 2.68 bits per heavy atom. The summed E-state index contributed by atoms with van der Waals surface area (Å²) in [7, 11) is 3.17. The summed E-state index contributed by atoms with van der Waals surface area (Å²) in [5, 5.41) is 0. The summed E-state index contributed by atoms with van der Waals surface area (Å²) in [6.45, 7) is 1.54. The van der Waals surface area contributed by atoms with Gasteiger partial charge in [0.25, 0.3) is 5.91 Å². The van der Waals surface area contributed by atoms with E-state index in [2.05, 4.69) is 0 Å². The topological polar surface area (TPSA) is 72.5 Å². The van der Waals surface area contributed by atoms with E-state index in [1.807, 2.05) is 0 Å². The van der Waals surface area contributed by atoms with Gasteiger partial charge in [-0.1, -0.05) is 6.07 Å². The molecule has 0 fully saturated rings. The van der Waals surface area contributed by atoms with Crippen LogP contribution < -0.4 is 5.76 Å². The molecule has 1 aromatic carbocycles. The molecule has 0 saturated heterocycles. The predicted molar refractivity (Wildman–Crippen MR) is 68.6 cm³/mol. The highest BCUT2D eigenvalue weighted by atomic mass is 16.4. The molecule has 0 bridgehead atoms. The lowest BCUT2D eigenvalue weighted by molar-refractivity contribution is -0.143. The molecule has 100 valence electrons. The van der Waals surface area contributed by atoms with Gasteiger partial charge >= 0.3 is 5.76 Å². The fourth-order valence-corrected chi connectivity index (χ4v) is 1.89. The third kappa shape index (κ3) is 2.42. The summed E-state index contributed by atoms with van der Waals surface area (Å²) >= 11 is 0. The van der Waals surface area contributed by atoms with E-state index in [-0.39, 0.29) is 0 Å². The molecule has 0 N–H and O–H groups in total. The van der Waals surface area contributed by atoms with Crippen LogP contribution in [0.25, 0.3) is 11.1 Å². The van der Waals surface area contributed by atoms with Crippen molar-refractivity contribution in [2.24, 2.45) is 7.05 Å². The predicted octanol–water partition coefficient (Wildman–Crippen LogP) is 0.679. The first kappa shape index (κ1) is 13.1. The number of aryl methyl sites for hydroxylation is 1. The van der Waals surface area contributed by atoms with Crippen LogP contribution in [-0.4, -0.2) is 28.2 Å². The normalized spacial score (nSPS) is 10.7. The van der Waals surface area contributed by atoms with Gasteiger partial charge in [-0.25, -0.2) is 4.79 Å². The molecule has 2 aromatic rings. The van der Waals surface area contributed by atoms with E-state index in [0.29, 0.717) is 17.6 Å². The molecule has 0 unspecified atom stereocenters. The van der Waals surface area contributed by atoms with Crippen molar-refractivity contribution in [1.29, 1.82) is 0 Å². The highest BCUT2D eigenvalue weighted by molar-refractivity contribution is 6.34. The van der Waals surface area contributed by atoms with E-state index in [1.54, 1.807) is 32.3 Å². The van der Waals surface area contributed by atoms with Crippen LogP contribution >= 0.6 is 0 Å². The maximum absolute atomic E-state index is 11.5. The molecule has 0 aliphatic carbocycles. The Bertz CT molecular complexity index is 711. The minimum absolute atomic E-state index is 0.299. The third-order valence-corrected chi connectivity index (χ3v) is 2.92. The summed E-state index contributed by atoms with van der Waals surface area (Å²) < 4.78 is 6.41. The largest absolute Gasteiger partial charge is 0.419 e. The fraction of sp³-hybridized carbons (Fsp3) is 0.308. The number of oxazole rings is 1. The Morgan fingerprint density at radius 2 is 2.05 bits per heavy atom. The van der Waals surface area contributed by atoms with E-state index in [1.165, 1.54) is 16.4 Å². The first-order valence-electron chi connectivity index (χ1n) is 5.74. The van der Waals surface area contributed by atoms with Crippen molar-refractivity contribution in [3.05, 3.63) is 34.3 Å². The van der Waals surface area contributed by atoms with Crippen molar-refractivity contribution in [3.8, 4) is 0 Å². The number of aromatic nitrogens is 1. The molecule has 0 saturated carbocycles. The molecule has 0 atom stereocenters. The van der Waals surface area contributed by atoms with Crippen molar-refractivity contribution in [1.82, 2.24) is 9.47 Å². The van der Waals surface area contributed by atoms with Crippen LogP contribution in [0.5, 0.6) is 0 Å². The average Bonchev–Trinajstić information content (AvgIpc) is 2.64. The Hall–Kier alpha value is -2.37. The summed E-state index contributed by atoms with van der Waals surface area (Å²) in [4.78, 5) is 35.2. The number of fused-ring (bicyclic) bond motifs is 1. The molecule has 0 aliphatic heterocycles. The van der Waals surface area contributed by atoms with E-state index in [9.17, 15) is 14.4 Å². The number of benzene rings is 1. The third-order valence-electron chi connectivity index (χ3n) is 2.92. The minimum Gasteiger partial charge on any atom is -0.408 e. The maximum Gasteiger partial charge on any atom is 0.419 e. The fourth-order valence-electron chi connectivity index (χ4n) is 1.89. The van der Waals surface area contributed by atoms with Crippen molar-refractivity contribution >= 4 is 22.8 Å². The lowest BCUT2D eigenvalue weighted by Crippen LogP contribution is -2.31. The lowest BCUT2D eigenvalue weighted by atomic mass is 10.2. The molecule has 0 spiro atoms. The number of carbonyl (C=O) groups is 2.